The summed E-state index contributed by atoms with van der Waals surface area (Å²) in [6.45, 7) is 10.3. The van der Waals surface area contributed by atoms with Crippen LogP contribution in [0, 0.1) is 12.3 Å². The molecule has 0 saturated heterocycles. The molecule has 1 aromatic heterocycles. The van der Waals surface area contributed by atoms with E-state index in [0.29, 0.717) is 17.2 Å². The Morgan fingerprint density at radius 3 is 2.50 bits per heavy atom. The number of nitrogens with one attached hydrogen (secondary N) is 1. The summed E-state index contributed by atoms with van der Waals surface area (Å²) in [7, 11) is 0. The van der Waals surface area contributed by atoms with Gasteiger partial charge in [0.1, 0.15) is 0 Å². The molecular weight excluding hydrogens is 270 g/mol. The normalized spacial score (nSPS) is 11.0. The Morgan fingerprint density at radius 1 is 1.36 bits per heavy atom. The number of rotatable bonds is 3. The SMILES string of the molecule is C#C/C(=C\C)C(=O)c1cc2c(C(C)C)cccc2[nH]1.CCC. The zero-order chi connectivity index (χ0) is 16.7. The number of H-pyrrole nitrogens is 1. The van der Waals surface area contributed by atoms with Gasteiger partial charge in [0.05, 0.1) is 11.3 Å². The minimum Gasteiger partial charge on any atom is -0.352 e. The van der Waals surface area contributed by atoms with Crippen molar-refractivity contribution in [3.63, 3.8) is 0 Å². The predicted molar refractivity (Wildman–Crippen MR) is 95.3 cm³/mol. The van der Waals surface area contributed by atoms with Gasteiger partial charge in [-0.2, -0.15) is 0 Å². The molecule has 2 nitrogen and oxygen atoms in total. The fraction of sp³-hybridized carbons (Fsp3) is 0.350. The summed E-state index contributed by atoms with van der Waals surface area (Å²) >= 11 is 0. The van der Waals surface area contributed by atoms with Crippen molar-refractivity contribution < 1.29 is 4.79 Å². The van der Waals surface area contributed by atoms with Crippen LogP contribution in [0.25, 0.3) is 10.9 Å². The maximum atomic E-state index is 12.2. The van der Waals surface area contributed by atoms with Gasteiger partial charge >= 0.3 is 0 Å². The topological polar surface area (TPSA) is 32.9 Å². The quantitative estimate of drug-likeness (QED) is 0.454. The van der Waals surface area contributed by atoms with Crippen molar-refractivity contribution in [2.24, 2.45) is 0 Å². The molecule has 0 amide bonds. The molecule has 0 radical (unpaired) electrons. The fourth-order valence-corrected chi connectivity index (χ4v) is 2.23. The lowest BCUT2D eigenvalue weighted by Crippen LogP contribution is -2.01. The number of carbonyl (C=O) groups excluding carboxylic acids is 1. The predicted octanol–water partition coefficient (Wildman–Crippen LogP) is 5.47. The maximum absolute atomic E-state index is 12.2. The van der Waals surface area contributed by atoms with E-state index in [-0.39, 0.29) is 5.78 Å². The van der Waals surface area contributed by atoms with Gasteiger partial charge in [0, 0.05) is 10.9 Å². The number of hydrogen-bond acceptors (Lipinski definition) is 1. The first-order valence-electron chi connectivity index (χ1n) is 7.79. The van der Waals surface area contributed by atoms with Crippen LogP contribution < -0.4 is 0 Å². The van der Waals surface area contributed by atoms with Crippen molar-refractivity contribution in [3.8, 4) is 12.3 Å². The van der Waals surface area contributed by atoms with Crippen LogP contribution in [-0.2, 0) is 0 Å². The van der Waals surface area contributed by atoms with E-state index >= 15 is 0 Å². The van der Waals surface area contributed by atoms with Crippen LogP contribution in [-0.4, -0.2) is 10.8 Å². The van der Waals surface area contributed by atoms with Crippen molar-refractivity contribution in [2.75, 3.05) is 0 Å². The number of hydrogen-bond donors (Lipinski definition) is 1. The Bertz CT molecular complexity index is 711. The smallest absolute Gasteiger partial charge is 0.217 e. The summed E-state index contributed by atoms with van der Waals surface area (Å²) in [5.41, 5.74) is 3.14. The summed E-state index contributed by atoms with van der Waals surface area (Å²) in [6, 6.07) is 7.96. The zero-order valence-electron chi connectivity index (χ0n) is 14.2. The average molecular weight is 295 g/mol. The van der Waals surface area contributed by atoms with Crippen molar-refractivity contribution in [3.05, 3.63) is 47.2 Å². The van der Waals surface area contributed by atoms with Gasteiger partial charge in [-0.1, -0.05) is 58.2 Å². The molecule has 0 unspecified atom stereocenters. The summed E-state index contributed by atoms with van der Waals surface area (Å²) < 4.78 is 0. The van der Waals surface area contributed by atoms with E-state index in [4.69, 9.17) is 6.42 Å². The molecule has 0 bridgehead atoms. The molecule has 2 aromatic rings. The van der Waals surface area contributed by atoms with Crippen molar-refractivity contribution in [2.45, 2.75) is 47.0 Å². The number of fused-ring (bicyclic) bond motifs is 1. The Morgan fingerprint density at radius 2 is 2.00 bits per heavy atom. The third kappa shape index (κ3) is 3.89. The fourth-order valence-electron chi connectivity index (χ4n) is 2.23. The molecule has 0 spiro atoms. The molecule has 0 aliphatic heterocycles. The van der Waals surface area contributed by atoms with Crippen LogP contribution in [0.3, 0.4) is 0 Å². The van der Waals surface area contributed by atoms with Gasteiger partial charge < -0.3 is 4.98 Å². The van der Waals surface area contributed by atoms with Crippen molar-refractivity contribution >= 4 is 16.7 Å². The molecule has 0 atom stereocenters. The Kier molecular flexibility index (Phi) is 6.66. The second-order valence-corrected chi connectivity index (χ2v) is 5.53. The first-order valence-corrected chi connectivity index (χ1v) is 7.79. The first kappa shape index (κ1) is 17.8. The third-order valence-corrected chi connectivity index (χ3v) is 3.25. The molecule has 2 heteroatoms. The Labute approximate surface area is 133 Å². The molecule has 1 N–H and O–H groups in total. The number of aromatic amines is 1. The van der Waals surface area contributed by atoms with Crippen LogP contribution in [0.15, 0.2) is 35.9 Å². The number of benzene rings is 1. The van der Waals surface area contributed by atoms with Crippen molar-refractivity contribution in [1.82, 2.24) is 4.98 Å². The summed E-state index contributed by atoms with van der Waals surface area (Å²) in [5.74, 6) is 2.71. The molecule has 1 aromatic carbocycles. The van der Waals surface area contributed by atoms with E-state index in [9.17, 15) is 4.79 Å². The summed E-state index contributed by atoms with van der Waals surface area (Å²) in [6.07, 6.45) is 8.25. The van der Waals surface area contributed by atoms with E-state index in [1.54, 1.807) is 13.0 Å². The zero-order valence-corrected chi connectivity index (χ0v) is 14.2. The van der Waals surface area contributed by atoms with E-state index in [0.717, 1.165) is 10.9 Å². The number of aromatic nitrogens is 1. The second kappa shape index (κ2) is 8.24. The molecule has 22 heavy (non-hydrogen) atoms. The Hall–Kier alpha value is -2.27. The number of ketones is 1. The third-order valence-electron chi connectivity index (χ3n) is 3.25. The summed E-state index contributed by atoms with van der Waals surface area (Å²) in [5, 5.41) is 1.09. The highest BCUT2D eigenvalue weighted by Gasteiger charge is 2.14. The van der Waals surface area contributed by atoms with Gasteiger partial charge in [0.2, 0.25) is 5.78 Å². The van der Waals surface area contributed by atoms with Gasteiger partial charge in [-0.25, -0.2) is 0 Å². The summed E-state index contributed by atoms with van der Waals surface area (Å²) in [4.78, 5) is 15.4. The van der Waals surface area contributed by atoms with E-state index in [1.165, 1.54) is 12.0 Å². The van der Waals surface area contributed by atoms with E-state index in [2.05, 4.69) is 44.7 Å². The lowest BCUT2D eigenvalue weighted by molar-refractivity contribution is 0.103. The van der Waals surface area contributed by atoms with Gasteiger partial charge in [0.15, 0.2) is 0 Å². The maximum Gasteiger partial charge on any atom is 0.217 e. The molecular formula is C20H25NO. The van der Waals surface area contributed by atoms with Crippen LogP contribution >= 0.6 is 0 Å². The molecule has 1 heterocycles. The molecule has 0 saturated carbocycles. The molecule has 0 aliphatic rings. The minimum atomic E-state index is -0.129. The first-order chi connectivity index (χ1) is 10.5. The number of allylic oxidation sites excluding steroid dienone is 2. The van der Waals surface area contributed by atoms with Gasteiger partial charge in [-0.05, 0) is 30.5 Å². The highest BCUT2D eigenvalue weighted by Crippen LogP contribution is 2.26. The number of Topliss-reactive ketones (excluding diaryl/α,β-unsaturated/α-hetero) is 1. The molecule has 2 rings (SSSR count). The highest BCUT2D eigenvalue weighted by atomic mass is 16.1. The van der Waals surface area contributed by atoms with Gasteiger partial charge in [-0.3, -0.25) is 4.79 Å². The van der Waals surface area contributed by atoms with Crippen LogP contribution in [0.5, 0.6) is 0 Å². The van der Waals surface area contributed by atoms with Crippen molar-refractivity contribution in [1.29, 1.82) is 0 Å². The van der Waals surface area contributed by atoms with Crippen LogP contribution in [0.1, 0.15) is 63.0 Å². The lowest BCUT2D eigenvalue weighted by atomic mass is 9.99. The Balaban J connectivity index is 0.000000745. The molecule has 0 fully saturated rings. The van der Waals surface area contributed by atoms with Crippen LogP contribution in [0.4, 0.5) is 0 Å². The number of terminal acetylenes is 1. The highest BCUT2D eigenvalue weighted by molar-refractivity contribution is 6.12. The molecule has 116 valence electrons. The van der Waals surface area contributed by atoms with E-state index in [1.807, 2.05) is 18.2 Å². The van der Waals surface area contributed by atoms with Gasteiger partial charge in [0.25, 0.3) is 0 Å². The second-order valence-electron chi connectivity index (χ2n) is 5.53. The minimum absolute atomic E-state index is 0.129. The molecule has 0 aliphatic carbocycles. The average Bonchev–Trinajstić information content (AvgIpc) is 2.92. The van der Waals surface area contributed by atoms with E-state index < -0.39 is 0 Å². The largest absolute Gasteiger partial charge is 0.352 e. The lowest BCUT2D eigenvalue weighted by Gasteiger charge is -2.05. The van der Waals surface area contributed by atoms with Gasteiger partial charge in [-0.15, -0.1) is 6.42 Å². The van der Waals surface area contributed by atoms with Crippen LogP contribution in [0.2, 0.25) is 0 Å². The number of carbonyl (C=O) groups is 1. The monoisotopic (exact) mass is 295 g/mol. The standard InChI is InChI=1S/C17H17NO.C3H8/c1-5-12(6-2)17(19)16-10-14-13(11(3)4)8-7-9-15(14)18-16;1-3-2/h1,6-11,18H,2-4H3;3H2,1-2H3/b12-6+;.